The van der Waals surface area contributed by atoms with E-state index >= 15 is 0 Å². The van der Waals surface area contributed by atoms with E-state index in [2.05, 4.69) is 19.2 Å². The van der Waals surface area contributed by atoms with E-state index in [4.69, 9.17) is 5.73 Å². The fraction of sp³-hybridized carbons (Fsp3) is 0.588. The molecule has 0 heterocycles. The Morgan fingerprint density at radius 1 is 1.38 bits per heavy atom. The van der Waals surface area contributed by atoms with Crippen molar-refractivity contribution < 1.29 is 9.18 Å². The molecule has 0 saturated heterocycles. The fourth-order valence-electron chi connectivity index (χ4n) is 2.54. The van der Waals surface area contributed by atoms with Gasteiger partial charge in [-0.1, -0.05) is 19.9 Å². The molecule has 3 N–H and O–H groups in total. The Hall–Kier alpha value is -1.42. The van der Waals surface area contributed by atoms with Crippen LogP contribution in [0.2, 0.25) is 0 Å². The number of aryl methyl sites for hydroxylation is 1. The van der Waals surface area contributed by atoms with Gasteiger partial charge in [0.2, 0.25) is 5.91 Å². The molecule has 0 spiro atoms. The minimum absolute atomic E-state index is 0.0471. The average Bonchev–Trinajstić information content (AvgIpc) is 2.40. The molecule has 0 aliphatic carbocycles. The van der Waals surface area contributed by atoms with Crippen LogP contribution in [0.25, 0.3) is 0 Å². The fourth-order valence-corrected chi connectivity index (χ4v) is 2.54. The molecule has 3 nitrogen and oxygen atoms in total. The molecule has 0 saturated carbocycles. The third-order valence-electron chi connectivity index (χ3n) is 3.63. The summed E-state index contributed by atoms with van der Waals surface area (Å²) in [6.45, 7) is 7.27. The predicted octanol–water partition coefficient (Wildman–Crippen LogP) is 2.80. The Kier molecular flexibility index (Phi) is 7.37. The lowest BCUT2D eigenvalue weighted by Gasteiger charge is -2.16. The van der Waals surface area contributed by atoms with Gasteiger partial charge in [-0.05, 0) is 61.4 Å². The smallest absolute Gasteiger partial charge is 0.220 e. The Balaban J connectivity index is 2.36. The van der Waals surface area contributed by atoms with Gasteiger partial charge in [-0.15, -0.1) is 0 Å². The van der Waals surface area contributed by atoms with Gasteiger partial charge in [0, 0.05) is 13.0 Å². The predicted molar refractivity (Wildman–Crippen MR) is 84.5 cm³/mol. The molecule has 1 amide bonds. The van der Waals surface area contributed by atoms with E-state index in [0.717, 1.165) is 24.0 Å². The summed E-state index contributed by atoms with van der Waals surface area (Å²) in [5.41, 5.74) is 7.69. The summed E-state index contributed by atoms with van der Waals surface area (Å²) >= 11 is 0. The molecule has 1 aromatic carbocycles. The van der Waals surface area contributed by atoms with E-state index in [-0.39, 0.29) is 17.6 Å². The lowest BCUT2D eigenvalue weighted by atomic mass is 9.94. The number of halogens is 1. The lowest BCUT2D eigenvalue weighted by molar-refractivity contribution is -0.122. The summed E-state index contributed by atoms with van der Waals surface area (Å²) in [5, 5.41) is 2.92. The van der Waals surface area contributed by atoms with Crippen molar-refractivity contribution >= 4 is 5.91 Å². The summed E-state index contributed by atoms with van der Waals surface area (Å²) < 4.78 is 13.0. The van der Waals surface area contributed by atoms with Gasteiger partial charge < -0.3 is 11.1 Å². The van der Waals surface area contributed by atoms with Crippen molar-refractivity contribution in [1.82, 2.24) is 5.32 Å². The largest absolute Gasteiger partial charge is 0.356 e. The van der Waals surface area contributed by atoms with Gasteiger partial charge >= 0.3 is 0 Å². The van der Waals surface area contributed by atoms with Gasteiger partial charge in [-0.3, -0.25) is 4.79 Å². The highest BCUT2D eigenvalue weighted by atomic mass is 19.1. The third kappa shape index (κ3) is 6.71. The number of hydrogen-bond acceptors (Lipinski definition) is 2. The molecule has 118 valence electrons. The number of amides is 1. The summed E-state index contributed by atoms with van der Waals surface area (Å²) in [5.74, 6) is 0.622. The zero-order chi connectivity index (χ0) is 15.8. The van der Waals surface area contributed by atoms with Crippen molar-refractivity contribution in [2.75, 3.05) is 13.1 Å². The topological polar surface area (TPSA) is 55.1 Å². The zero-order valence-corrected chi connectivity index (χ0v) is 13.3. The maximum atomic E-state index is 13.0. The molecule has 21 heavy (non-hydrogen) atoms. The van der Waals surface area contributed by atoms with Crippen LogP contribution >= 0.6 is 0 Å². The standard InChI is InChI=1S/C17H27FN2O/c1-12(2)8-14(11-19)10-17(21)20-7-6-15-4-5-16(18)9-13(15)3/h4-5,9,12,14H,6-8,10-11,19H2,1-3H3,(H,20,21)/t14-/m0/s1. The molecule has 0 aliphatic rings. The number of carbonyl (C=O) groups is 1. The van der Waals surface area contributed by atoms with Gasteiger partial charge in [-0.25, -0.2) is 4.39 Å². The highest BCUT2D eigenvalue weighted by molar-refractivity contribution is 5.76. The molecule has 0 aromatic heterocycles. The third-order valence-corrected chi connectivity index (χ3v) is 3.63. The van der Waals surface area contributed by atoms with E-state index in [9.17, 15) is 9.18 Å². The van der Waals surface area contributed by atoms with E-state index in [1.54, 1.807) is 6.07 Å². The second kappa shape index (κ2) is 8.78. The van der Waals surface area contributed by atoms with Crippen molar-refractivity contribution in [3.63, 3.8) is 0 Å². The Morgan fingerprint density at radius 3 is 2.67 bits per heavy atom. The summed E-state index contributed by atoms with van der Waals surface area (Å²) in [4.78, 5) is 11.9. The van der Waals surface area contributed by atoms with Crippen LogP contribution in [0, 0.1) is 24.6 Å². The second-order valence-electron chi connectivity index (χ2n) is 6.11. The van der Waals surface area contributed by atoms with Crippen LogP contribution in [0.1, 0.15) is 37.8 Å². The van der Waals surface area contributed by atoms with Crippen LogP contribution in [0.15, 0.2) is 18.2 Å². The van der Waals surface area contributed by atoms with Gasteiger partial charge in [-0.2, -0.15) is 0 Å². The molecule has 1 atom stereocenters. The molecule has 0 aliphatic heterocycles. The first-order valence-electron chi connectivity index (χ1n) is 7.64. The first-order valence-corrected chi connectivity index (χ1v) is 7.64. The number of nitrogens with one attached hydrogen (secondary N) is 1. The minimum atomic E-state index is -0.222. The first-order chi connectivity index (χ1) is 9.92. The van der Waals surface area contributed by atoms with Gasteiger partial charge in [0.05, 0.1) is 0 Å². The van der Waals surface area contributed by atoms with Crippen LogP contribution in [0.4, 0.5) is 4.39 Å². The Morgan fingerprint density at radius 2 is 2.10 bits per heavy atom. The van der Waals surface area contributed by atoms with Gasteiger partial charge in [0.1, 0.15) is 5.82 Å². The van der Waals surface area contributed by atoms with Crippen LogP contribution in [-0.2, 0) is 11.2 Å². The number of benzene rings is 1. The van der Waals surface area contributed by atoms with Gasteiger partial charge in [0.25, 0.3) is 0 Å². The summed E-state index contributed by atoms with van der Waals surface area (Å²) in [7, 11) is 0. The molecule has 0 radical (unpaired) electrons. The Bertz CT molecular complexity index is 460. The molecule has 0 unspecified atom stereocenters. The molecule has 0 fully saturated rings. The number of rotatable bonds is 8. The van der Waals surface area contributed by atoms with Gasteiger partial charge in [0.15, 0.2) is 0 Å². The maximum Gasteiger partial charge on any atom is 0.220 e. The second-order valence-corrected chi connectivity index (χ2v) is 6.11. The van der Waals surface area contributed by atoms with Crippen LogP contribution in [-0.4, -0.2) is 19.0 Å². The number of hydrogen-bond donors (Lipinski definition) is 2. The molecule has 1 rings (SSSR count). The highest BCUT2D eigenvalue weighted by Gasteiger charge is 2.13. The lowest BCUT2D eigenvalue weighted by Crippen LogP contribution is -2.30. The monoisotopic (exact) mass is 294 g/mol. The molecular weight excluding hydrogens is 267 g/mol. The minimum Gasteiger partial charge on any atom is -0.356 e. The van der Waals surface area contributed by atoms with Crippen LogP contribution in [0.3, 0.4) is 0 Å². The van der Waals surface area contributed by atoms with E-state index in [1.807, 2.05) is 6.92 Å². The highest BCUT2D eigenvalue weighted by Crippen LogP contribution is 2.14. The molecular formula is C17H27FN2O. The normalized spacial score (nSPS) is 12.5. The van der Waals surface area contributed by atoms with Crippen LogP contribution in [0.5, 0.6) is 0 Å². The van der Waals surface area contributed by atoms with Crippen molar-refractivity contribution in [3.8, 4) is 0 Å². The molecule has 0 bridgehead atoms. The van der Waals surface area contributed by atoms with E-state index in [0.29, 0.717) is 25.4 Å². The SMILES string of the molecule is Cc1cc(F)ccc1CCNC(=O)C[C@@H](CN)CC(C)C. The maximum absolute atomic E-state index is 13.0. The van der Waals surface area contributed by atoms with Crippen LogP contribution < -0.4 is 11.1 Å². The quantitative estimate of drug-likeness (QED) is 0.774. The molecule has 1 aromatic rings. The first kappa shape index (κ1) is 17.6. The van der Waals surface area contributed by atoms with Crippen molar-refractivity contribution in [2.45, 2.75) is 40.0 Å². The van der Waals surface area contributed by atoms with E-state index in [1.165, 1.54) is 12.1 Å². The summed E-state index contributed by atoms with van der Waals surface area (Å²) in [6.07, 6.45) is 2.17. The van der Waals surface area contributed by atoms with Crippen molar-refractivity contribution in [2.24, 2.45) is 17.6 Å². The van der Waals surface area contributed by atoms with Crippen molar-refractivity contribution in [3.05, 3.63) is 35.1 Å². The molecule has 4 heteroatoms. The zero-order valence-electron chi connectivity index (χ0n) is 13.3. The number of carbonyl (C=O) groups excluding carboxylic acids is 1. The Labute approximate surface area is 127 Å². The summed E-state index contributed by atoms with van der Waals surface area (Å²) in [6, 6.07) is 4.75. The van der Waals surface area contributed by atoms with E-state index < -0.39 is 0 Å². The number of nitrogens with two attached hydrogens (primary N) is 1. The van der Waals surface area contributed by atoms with Crippen molar-refractivity contribution in [1.29, 1.82) is 0 Å². The average molecular weight is 294 g/mol.